The summed E-state index contributed by atoms with van der Waals surface area (Å²) in [5.74, 6) is -0.258. The van der Waals surface area contributed by atoms with E-state index in [1.165, 1.54) is 0 Å². The van der Waals surface area contributed by atoms with Gasteiger partial charge in [0.1, 0.15) is 0 Å². The van der Waals surface area contributed by atoms with Crippen LogP contribution in [0.5, 0.6) is 0 Å². The van der Waals surface area contributed by atoms with Gasteiger partial charge >= 0.3 is 0 Å². The van der Waals surface area contributed by atoms with Crippen LogP contribution >= 0.6 is 0 Å². The number of carbonyl (C=O) groups excluding carboxylic acids is 1. The van der Waals surface area contributed by atoms with Gasteiger partial charge in [-0.15, -0.1) is 0 Å². The second-order valence-electron chi connectivity index (χ2n) is 3.08. The van der Waals surface area contributed by atoms with Crippen LogP contribution in [0, 0.1) is 0 Å². The van der Waals surface area contributed by atoms with Gasteiger partial charge in [0.25, 0.3) is 0 Å². The lowest BCUT2D eigenvalue weighted by atomic mass is 10.0. The third-order valence-electron chi connectivity index (χ3n) is 2.07. The SMILES string of the molecule is CCCCC(C)=C(CC)C(N)=O. The Morgan fingerprint density at radius 1 is 1.33 bits per heavy atom. The Morgan fingerprint density at radius 3 is 2.25 bits per heavy atom. The van der Waals surface area contributed by atoms with E-state index in [2.05, 4.69) is 6.92 Å². The van der Waals surface area contributed by atoms with Gasteiger partial charge in [0, 0.05) is 5.57 Å². The molecule has 0 atom stereocenters. The standard InChI is InChI=1S/C10H19NO/c1-4-6-7-8(3)9(5-2)10(11)12/h4-7H2,1-3H3,(H2,11,12). The van der Waals surface area contributed by atoms with E-state index >= 15 is 0 Å². The molecule has 1 amide bonds. The first-order chi connectivity index (χ1) is 5.63. The average Bonchev–Trinajstić information content (AvgIpc) is 2.01. The number of hydrogen-bond acceptors (Lipinski definition) is 1. The maximum atomic E-state index is 10.9. The second-order valence-corrected chi connectivity index (χ2v) is 3.08. The Bertz CT molecular complexity index is 182. The van der Waals surface area contributed by atoms with E-state index in [9.17, 15) is 4.79 Å². The molecule has 0 aliphatic carbocycles. The highest BCUT2D eigenvalue weighted by molar-refractivity contribution is 5.92. The Hall–Kier alpha value is -0.790. The van der Waals surface area contributed by atoms with Gasteiger partial charge in [-0.25, -0.2) is 0 Å². The fourth-order valence-electron chi connectivity index (χ4n) is 1.28. The van der Waals surface area contributed by atoms with Crippen molar-refractivity contribution in [2.24, 2.45) is 5.73 Å². The van der Waals surface area contributed by atoms with Crippen molar-refractivity contribution in [1.82, 2.24) is 0 Å². The van der Waals surface area contributed by atoms with E-state index in [-0.39, 0.29) is 5.91 Å². The summed E-state index contributed by atoms with van der Waals surface area (Å²) in [7, 11) is 0. The van der Waals surface area contributed by atoms with Crippen LogP contribution in [-0.2, 0) is 4.79 Å². The Morgan fingerprint density at radius 2 is 1.92 bits per heavy atom. The Labute approximate surface area is 74.8 Å². The van der Waals surface area contributed by atoms with Gasteiger partial charge in [0.05, 0.1) is 0 Å². The molecule has 0 aromatic carbocycles. The van der Waals surface area contributed by atoms with Crippen LogP contribution in [0.1, 0.15) is 46.5 Å². The van der Waals surface area contributed by atoms with Gasteiger partial charge in [-0.1, -0.05) is 25.8 Å². The molecule has 12 heavy (non-hydrogen) atoms. The van der Waals surface area contributed by atoms with Crippen LogP contribution in [0.4, 0.5) is 0 Å². The van der Waals surface area contributed by atoms with Crippen molar-refractivity contribution in [1.29, 1.82) is 0 Å². The molecule has 2 nitrogen and oxygen atoms in total. The molecule has 70 valence electrons. The number of hydrogen-bond donors (Lipinski definition) is 1. The number of allylic oxidation sites excluding steroid dienone is 1. The third kappa shape index (κ3) is 3.56. The maximum Gasteiger partial charge on any atom is 0.244 e. The van der Waals surface area contributed by atoms with Crippen LogP contribution < -0.4 is 5.73 Å². The molecule has 0 aliphatic heterocycles. The first-order valence-electron chi connectivity index (χ1n) is 4.61. The zero-order valence-corrected chi connectivity index (χ0v) is 8.31. The number of unbranched alkanes of at least 4 members (excludes halogenated alkanes) is 1. The van der Waals surface area contributed by atoms with Crippen molar-refractivity contribution in [3.63, 3.8) is 0 Å². The lowest BCUT2D eigenvalue weighted by Gasteiger charge is -2.05. The van der Waals surface area contributed by atoms with E-state index in [0.717, 1.165) is 36.8 Å². The molecular formula is C10H19NO. The summed E-state index contributed by atoms with van der Waals surface area (Å²) in [6.07, 6.45) is 4.06. The molecule has 2 N–H and O–H groups in total. The highest BCUT2D eigenvalue weighted by Gasteiger charge is 2.05. The third-order valence-corrected chi connectivity index (χ3v) is 2.07. The van der Waals surface area contributed by atoms with Crippen LogP contribution in [0.3, 0.4) is 0 Å². The summed E-state index contributed by atoms with van der Waals surface area (Å²) in [5, 5.41) is 0. The normalized spacial score (nSPS) is 12.6. The minimum absolute atomic E-state index is 0.258. The van der Waals surface area contributed by atoms with Gasteiger partial charge in [-0.2, -0.15) is 0 Å². The number of primary amides is 1. The van der Waals surface area contributed by atoms with Crippen molar-refractivity contribution in [2.45, 2.75) is 46.5 Å². The van der Waals surface area contributed by atoms with Gasteiger partial charge in [-0.05, 0) is 26.2 Å². The number of carbonyl (C=O) groups is 1. The summed E-state index contributed by atoms with van der Waals surface area (Å²) in [4.78, 5) is 10.9. The van der Waals surface area contributed by atoms with Crippen molar-refractivity contribution >= 4 is 5.91 Å². The fourth-order valence-corrected chi connectivity index (χ4v) is 1.28. The minimum atomic E-state index is -0.258. The minimum Gasteiger partial charge on any atom is -0.366 e. The molecule has 0 bridgehead atoms. The van der Waals surface area contributed by atoms with E-state index in [4.69, 9.17) is 5.73 Å². The quantitative estimate of drug-likeness (QED) is 0.631. The highest BCUT2D eigenvalue weighted by atomic mass is 16.1. The summed E-state index contributed by atoms with van der Waals surface area (Å²) >= 11 is 0. The van der Waals surface area contributed by atoms with Crippen molar-refractivity contribution in [2.75, 3.05) is 0 Å². The van der Waals surface area contributed by atoms with Crippen LogP contribution in [0.15, 0.2) is 11.1 Å². The fraction of sp³-hybridized carbons (Fsp3) is 0.700. The molecule has 0 fully saturated rings. The number of rotatable bonds is 5. The van der Waals surface area contributed by atoms with E-state index in [0.29, 0.717) is 0 Å². The molecule has 0 unspecified atom stereocenters. The van der Waals surface area contributed by atoms with Crippen LogP contribution in [-0.4, -0.2) is 5.91 Å². The van der Waals surface area contributed by atoms with E-state index in [1.807, 2.05) is 13.8 Å². The van der Waals surface area contributed by atoms with Crippen molar-refractivity contribution in [3.05, 3.63) is 11.1 Å². The van der Waals surface area contributed by atoms with Gasteiger partial charge in [0.15, 0.2) is 0 Å². The number of nitrogens with two attached hydrogens (primary N) is 1. The van der Waals surface area contributed by atoms with Crippen LogP contribution in [0.2, 0.25) is 0 Å². The molecule has 0 spiro atoms. The maximum absolute atomic E-state index is 10.9. The predicted octanol–water partition coefficient (Wildman–Crippen LogP) is 2.39. The predicted molar refractivity (Wildman–Crippen MR) is 51.7 cm³/mol. The second kappa shape index (κ2) is 5.81. The first-order valence-corrected chi connectivity index (χ1v) is 4.61. The molecule has 0 aromatic rings. The molecule has 0 saturated heterocycles. The Kier molecular flexibility index (Phi) is 5.43. The van der Waals surface area contributed by atoms with Crippen LogP contribution in [0.25, 0.3) is 0 Å². The molecule has 2 heteroatoms. The summed E-state index contributed by atoms with van der Waals surface area (Å²) in [6, 6.07) is 0. The van der Waals surface area contributed by atoms with Gasteiger partial charge in [0.2, 0.25) is 5.91 Å². The molecule has 0 aliphatic rings. The lowest BCUT2D eigenvalue weighted by molar-refractivity contribution is -0.114. The Balaban J connectivity index is 4.27. The summed E-state index contributed by atoms with van der Waals surface area (Å²) < 4.78 is 0. The van der Waals surface area contributed by atoms with E-state index < -0.39 is 0 Å². The number of amides is 1. The molecule has 0 heterocycles. The molecule has 0 saturated carbocycles. The summed E-state index contributed by atoms with van der Waals surface area (Å²) in [6.45, 7) is 6.11. The largest absolute Gasteiger partial charge is 0.366 e. The zero-order valence-electron chi connectivity index (χ0n) is 8.31. The van der Waals surface area contributed by atoms with Crippen molar-refractivity contribution < 1.29 is 4.79 Å². The lowest BCUT2D eigenvalue weighted by Crippen LogP contribution is -2.14. The molecule has 0 rings (SSSR count). The topological polar surface area (TPSA) is 43.1 Å². The zero-order chi connectivity index (χ0) is 9.56. The molecule has 0 aromatic heterocycles. The molecular weight excluding hydrogens is 150 g/mol. The van der Waals surface area contributed by atoms with E-state index in [1.54, 1.807) is 0 Å². The highest BCUT2D eigenvalue weighted by Crippen LogP contribution is 2.14. The average molecular weight is 169 g/mol. The molecule has 0 radical (unpaired) electrons. The van der Waals surface area contributed by atoms with Gasteiger partial charge < -0.3 is 5.73 Å². The summed E-state index contributed by atoms with van der Waals surface area (Å²) in [5.41, 5.74) is 7.19. The smallest absolute Gasteiger partial charge is 0.244 e. The van der Waals surface area contributed by atoms with Gasteiger partial charge in [-0.3, -0.25) is 4.79 Å². The van der Waals surface area contributed by atoms with Crippen molar-refractivity contribution in [3.8, 4) is 0 Å². The first kappa shape index (κ1) is 11.2. The monoisotopic (exact) mass is 169 g/mol.